The molecule has 0 aromatic heterocycles. The number of carboxylic acids is 2. The van der Waals surface area contributed by atoms with Gasteiger partial charge in [0.2, 0.25) is 0 Å². The summed E-state index contributed by atoms with van der Waals surface area (Å²) in [5.41, 5.74) is 0. The van der Waals surface area contributed by atoms with Crippen LogP contribution >= 0.6 is 0 Å². The molecule has 0 unspecified atom stereocenters. The van der Waals surface area contributed by atoms with E-state index in [-0.39, 0.29) is 12.3 Å². The van der Waals surface area contributed by atoms with Gasteiger partial charge in [0, 0.05) is 11.9 Å². The molecule has 12 heavy (non-hydrogen) atoms. The molecule has 0 aromatic carbocycles. The Morgan fingerprint density at radius 1 is 0.917 bits per heavy atom. The van der Waals surface area contributed by atoms with Crippen molar-refractivity contribution < 1.29 is 47.3 Å². The Balaban J connectivity index is -0.0000000198. The van der Waals surface area contributed by atoms with Crippen LogP contribution in [0.3, 0.4) is 0 Å². The van der Waals surface area contributed by atoms with Crippen molar-refractivity contribution >= 4 is 11.9 Å². The molecule has 0 saturated heterocycles. The van der Waals surface area contributed by atoms with Crippen LogP contribution in [-0.4, -0.2) is 11.9 Å². The summed E-state index contributed by atoms with van der Waals surface area (Å²) >= 11 is 0.300. The van der Waals surface area contributed by atoms with Crippen LogP contribution in [0.5, 0.6) is 0 Å². The Labute approximate surface area is 85.6 Å². The molecule has 0 aromatic rings. The van der Waals surface area contributed by atoms with Gasteiger partial charge in [-0.15, -0.1) is 0 Å². The van der Waals surface area contributed by atoms with Crippen molar-refractivity contribution in [3.8, 4) is 0 Å². The maximum absolute atomic E-state index is 8.89. The molecule has 0 spiro atoms. The first kappa shape index (κ1) is 30.0. The number of carboxylic acid groups (broad SMARTS) is 2. The molecular weight excluding hydrogens is 247 g/mol. The average Bonchev–Trinajstić information content (AvgIpc) is 1.66. The second-order valence-electron chi connectivity index (χ2n) is 0.983. The Bertz CT molecular complexity index is 89.6. The van der Waals surface area contributed by atoms with E-state index in [2.05, 4.69) is 0 Å². The van der Waals surface area contributed by atoms with Crippen molar-refractivity contribution in [3.05, 3.63) is 0 Å². The number of carbonyl (C=O) groups is 2. The van der Waals surface area contributed by atoms with Gasteiger partial charge < -0.3 is 32.1 Å². The molecule has 0 saturated carbocycles. The van der Waals surface area contributed by atoms with Gasteiger partial charge in [-0.3, -0.25) is 0 Å². The minimum atomic E-state index is -1.08. The third-order valence-electron chi connectivity index (χ3n) is 0. The number of carbonyl (C=O) groups excluding carboxylic acids is 2. The van der Waals surface area contributed by atoms with Crippen LogP contribution in [0.4, 0.5) is 0 Å². The third kappa shape index (κ3) is 3340. The molecule has 0 aliphatic carbocycles. The summed E-state index contributed by atoms with van der Waals surface area (Å²) in [6, 6.07) is 0. The molecule has 0 atom stereocenters. The first-order valence-corrected chi connectivity index (χ1v) is 3.02. The first-order valence-electron chi connectivity index (χ1n) is 2.02. The number of rotatable bonds is 0. The van der Waals surface area contributed by atoms with Crippen LogP contribution in [-0.2, 0) is 37.1 Å². The van der Waals surface area contributed by atoms with Crippen molar-refractivity contribution in [2.75, 3.05) is 0 Å². The van der Waals surface area contributed by atoms with Crippen molar-refractivity contribution in [1.29, 1.82) is 0 Å². The quantitative estimate of drug-likeness (QED) is 0.520. The molecule has 0 aliphatic heterocycles. The van der Waals surface area contributed by atoms with Crippen molar-refractivity contribution in [2.45, 2.75) is 13.8 Å². The molecule has 0 amide bonds. The number of aliphatic carboxylic acids is 2. The third-order valence-corrected chi connectivity index (χ3v) is 0. The van der Waals surface area contributed by atoms with E-state index in [0.717, 1.165) is 13.8 Å². The average molecular weight is 261 g/mol. The molecule has 0 radical (unpaired) electrons. The number of hydrogen-bond acceptors (Lipinski definition) is 5. The Hall–Kier alpha value is -0.457. The monoisotopic (exact) mass is 260 g/mol. The molecule has 8 heteroatoms. The minimum absolute atomic E-state index is 0. The molecule has 8 N–H and O–H groups in total. The van der Waals surface area contributed by atoms with E-state index in [0.29, 0.717) is 24.7 Å². The number of quaternary nitrogens is 2. The van der Waals surface area contributed by atoms with Gasteiger partial charge in [-0.05, 0) is 13.8 Å². The van der Waals surface area contributed by atoms with Gasteiger partial charge in [-0.2, -0.15) is 0 Å². The maximum atomic E-state index is 8.89. The fraction of sp³-hybridized carbons (Fsp3) is 0.500. The van der Waals surface area contributed by atoms with E-state index in [4.69, 9.17) is 22.6 Å². The molecule has 0 aliphatic rings. The van der Waals surface area contributed by atoms with Crippen LogP contribution in [0.2, 0.25) is 0 Å². The zero-order valence-corrected chi connectivity index (χ0v) is 10.00. The molecule has 0 fully saturated rings. The zero-order chi connectivity index (χ0) is 9.15. The predicted octanol–water partition coefficient (Wildman–Crippen LogP) is -1.86. The van der Waals surface area contributed by atoms with Gasteiger partial charge in [0.25, 0.3) is 0 Å². The Morgan fingerprint density at radius 3 is 0.917 bits per heavy atom. The van der Waals surface area contributed by atoms with Crippen molar-refractivity contribution in [2.24, 2.45) is 0 Å². The first-order chi connectivity index (χ1) is 4.46. The predicted molar refractivity (Wildman–Crippen MR) is 34.0 cm³/mol. The van der Waals surface area contributed by atoms with Crippen LogP contribution in [0.15, 0.2) is 0 Å². The van der Waals surface area contributed by atoms with Crippen LogP contribution in [0.25, 0.3) is 0 Å². The summed E-state index contributed by atoms with van der Waals surface area (Å²) in [6.45, 7) is 1.94. The summed E-state index contributed by atoms with van der Waals surface area (Å²) < 4.78 is 8.34. The summed E-state index contributed by atoms with van der Waals surface area (Å²) in [5.74, 6) is -2.17. The van der Waals surface area contributed by atoms with Gasteiger partial charge in [0.1, 0.15) is 0 Å². The fourth-order valence-electron chi connectivity index (χ4n) is 0. The van der Waals surface area contributed by atoms with Crippen LogP contribution in [0, 0.1) is 0 Å². The second-order valence-corrected chi connectivity index (χ2v) is 0.983. The normalized spacial score (nSPS) is 4.42. The van der Waals surface area contributed by atoms with Gasteiger partial charge in [0.15, 0.2) is 0 Å². The molecule has 0 heterocycles. The van der Waals surface area contributed by atoms with E-state index >= 15 is 0 Å². The van der Waals surface area contributed by atoms with Crippen molar-refractivity contribution in [3.63, 3.8) is 0 Å². The van der Waals surface area contributed by atoms with Crippen molar-refractivity contribution in [1.82, 2.24) is 12.3 Å². The van der Waals surface area contributed by atoms with Crippen LogP contribution < -0.4 is 22.5 Å². The summed E-state index contributed by atoms with van der Waals surface area (Å²) in [5, 5.41) is 17.8. The van der Waals surface area contributed by atoms with Gasteiger partial charge in [0.05, 0.1) is 0 Å². The standard InChI is InChI=1S/2C2H4O2.2H3N.O.Zr/c2*1-2(3)4;;;;/h2*1H3,(H,3,4);2*1H3;;. The molecule has 0 bridgehead atoms. The fourth-order valence-corrected chi connectivity index (χ4v) is 0. The topological polar surface area (TPSA) is 170 Å². The van der Waals surface area contributed by atoms with Crippen LogP contribution in [0.1, 0.15) is 13.8 Å². The van der Waals surface area contributed by atoms with Gasteiger partial charge in [-0.25, -0.2) is 0 Å². The Morgan fingerprint density at radius 2 is 0.917 bits per heavy atom. The molecule has 74 valence electrons. The molecular formula is C4H14N2O5Zr. The summed E-state index contributed by atoms with van der Waals surface area (Å²) in [7, 11) is 0. The van der Waals surface area contributed by atoms with Gasteiger partial charge >= 0.3 is 27.5 Å². The summed E-state index contributed by atoms with van der Waals surface area (Å²) in [6.07, 6.45) is 0. The zero-order valence-electron chi connectivity index (χ0n) is 7.54. The molecule has 0 rings (SSSR count). The van der Waals surface area contributed by atoms with E-state index in [1.54, 1.807) is 0 Å². The van der Waals surface area contributed by atoms with Gasteiger partial charge in [-0.1, -0.05) is 0 Å². The van der Waals surface area contributed by atoms with E-state index in [1.807, 2.05) is 0 Å². The van der Waals surface area contributed by atoms with E-state index < -0.39 is 11.9 Å². The second kappa shape index (κ2) is 31.2. The number of hydrogen-bond donors (Lipinski definition) is 2. The molecule has 7 nitrogen and oxygen atoms in total. The summed E-state index contributed by atoms with van der Waals surface area (Å²) in [4.78, 5) is 17.8. The van der Waals surface area contributed by atoms with E-state index in [9.17, 15) is 0 Å². The van der Waals surface area contributed by atoms with E-state index in [1.165, 1.54) is 0 Å². The Kier molecular flexibility index (Phi) is 78.0. The SMILES string of the molecule is CC(=O)[O-].CC(=O)[O-].[NH4+].[NH4+].[O]=[Zr].